The number of nitrogens with one attached hydrogen (secondary N) is 1. The fourth-order valence-corrected chi connectivity index (χ4v) is 5.33. The predicted octanol–water partition coefficient (Wildman–Crippen LogP) is 2.55. The number of carbonyl (C=O) groups is 2. The number of carbonyl (C=O) groups excluding carboxylic acids is 2. The van der Waals surface area contributed by atoms with E-state index in [4.69, 9.17) is 5.73 Å². The molecular formula is C23H34N4O2. The van der Waals surface area contributed by atoms with E-state index in [1.807, 2.05) is 15.9 Å². The summed E-state index contributed by atoms with van der Waals surface area (Å²) < 4.78 is 0. The summed E-state index contributed by atoms with van der Waals surface area (Å²) in [6, 6.07) is 10.7. The highest BCUT2D eigenvalue weighted by Gasteiger charge is 2.39. The maximum absolute atomic E-state index is 13.3. The molecule has 3 N–H and O–H groups in total. The molecule has 1 saturated carbocycles. The van der Waals surface area contributed by atoms with Gasteiger partial charge in [-0.1, -0.05) is 43.2 Å². The van der Waals surface area contributed by atoms with Crippen molar-refractivity contribution in [2.45, 2.75) is 50.5 Å². The fourth-order valence-electron chi connectivity index (χ4n) is 5.33. The summed E-state index contributed by atoms with van der Waals surface area (Å²) in [5.41, 5.74) is 7.31. The lowest BCUT2D eigenvalue weighted by atomic mass is 9.89. The van der Waals surface area contributed by atoms with Crippen LogP contribution in [-0.4, -0.2) is 60.5 Å². The monoisotopic (exact) mass is 398 g/mol. The summed E-state index contributed by atoms with van der Waals surface area (Å²) in [6.45, 7) is 3.33. The zero-order valence-electron chi connectivity index (χ0n) is 17.3. The van der Waals surface area contributed by atoms with E-state index in [2.05, 4.69) is 29.6 Å². The molecule has 1 aromatic rings. The first kappa shape index (κ1) is 20.2. The summed E-state index contributed by atoms with van der Waals surface area (Å²) >= 11 is 0. The molecule has 0 spiro atoms. The van der Waals surface area contributed by atoms with Gasteiger partial charge in [0.1, 0.15) is 0 Å². The van der Waals surface area contributed by atoms with Crippen LogP contribution in [0.4, 0.5) is 4.79 Å². The number of likely N-dealkylation sites (tertiary alicyclic amines) is 2. The molecule has 0 aromatic heterocycles. The van der Waals surface area contributed by atoms with E-state index >= 15 is 0 Å². The Kier molecular flexibility index (Phi) is 6.38. The van der Waals surface area contributed by atoms with Crippen molar-refractivity contribution in [3.05, 3.63) is 35.9 Å². The van der Waals surface area contributed by atoms with Crippen LogP contribution in [0.5, 0.6) is 0 Å². The highest BCUT2D eigenvalue weighted by molar-refractivity contribution is 5.81. The fraction of sp³-hybridized carbons (Fsp3) is 0.652. The summed E-state index contributed by atoms with van der Waals surface area (Å²) in [4.78, 5) is 29.8. The molecule has 1 aromatic carbocycles. The van der Waals surface area contributed by atoms with E-state index in [9.17, 15) is 9.59 Å². The number of urea groups is 1. The smallest absolute Gasteiger partial charge is 0.317 e. The zero-order chi connectivity index (χ0) is 20.2. The Hall–Kier alpha value is -2.08. The van der Waals surface area contributed by atoms with Crippen molar-refractivity contribution >= 4 is 11.9 Å². The van der Waals surface area contributed by atoms with Crippen molar-refractivity contribution in [3.63, 3.8) is 0 Å². The van der Waals surface area contributed by atoms with Crippen LogP contribution in [0, 0.1) is 11.8 Å². The Morgan fingerprint density at radius 1 is 0.966 bits per heavy atom. The summed E-state index contributed by atoms with van der Waals surface area (Å²) in [6.07, 6.45) is 6.32. The summed E-state index contributed by atoms with van der Waals surface area (Å²) in [5.74, 6) is 0.702. The maximum Gasteiger partial charge on any atom is 0.317 e. The van der Waals surface area contributed by atoms with Gasteiger partial charge in [-0.25, -0.2) is 4.79 Å². The van der Waals surface area contributed by atoms with Gasteiger partial charge in [0.25, 0.3) is 0 Å². The molecule has 3 amide bonds. The van der Waals surface area contributed by atoms with Crippen molar-refractivity contribution in [2.75, 3.05) is 32.7 Å². The van der Waals surface area contributed by atoms with E-state index < -0.39 is 0 Å². The number of hydrogen-bond acceptors (Lipinski definition) is 3. The van der Waals surface area contributed by atoms with Crippen LogP contribution < -0.4 is 11.1 Å². The summed E-state index contributed by atoms with van der Waals surface area (Å²) in [5, 5.41) is 3.17. The molecule has 0 bridgehead atoms. The van der Waals surface area contributed by atoms with Crippen LogP contribution in [0.25, 0.3) is 0 Å². The molecule has 3 fully saturated rings. The van der Waals surface area contributed by atoms with Gasteiger partial charge >= 0.3 is 6.03 Å². The number of amides is 3. The van der Waals surface area contributed by atoms with Crippen molar-refractivity contribution in [2.24, 2.45) is 17.6 Å². The van der Waals surface area contributed by atoms with Crippen molar-refractivity contribution < 1.29 is 9.59 Å². The van der Waals surface area contributed by atoms with Gasteiger partial charge < -0.3 is 20.9 Å². The van der Waals surface area contributed by atoms with Crippen LogP contribution in [0.15, 0.2) is 30.3 Å². The highest BCUT2D eigenvalue weighted by Crippen LogP contribution is 2.33. The SMILES string of the molecule is NC[C@@H]1CN(C(=O)C2CCCN(C(=O)NC3CCCC3)C2)C[C@H]1c1ccccc1. The molecule has 4 rings (SSSR count). The molecule has 1 unspecified atom stereocenters. The Labute approximate surface area is 173 Å². The minimum absolute atomic E-state index is 0.0119. The van der Waals surface area contributed by atoms with Gasteiger partial charge in [-0.3, -0.25) is 4.79 Å². The molecule has 2 heterocycles. The van der Waals surface area contributed by atoms with Gasteiger partial charge in [0.2, 0.25) is 5.91 Å². The molecule has 6 nitrogen and oxygen atoms in total. The quantitative estimate of drug-likeness (QED) is 0.818. The molecule has 1 aliphatic carbocycles. The van der Waals surface area contributed by atoms with E-state index in [1.165, 1.54) is 18.4 Å². The van der Waals surface area contributed by atoms with E-state index in [1.54, 1.807) is 0 Å². The van der Waals surface area contributed by atoms with Crippen LogP contribution in [-0.2, 0) is 4.79 Å². The molecule has 29 heavy (non-hydrogen) atoms. The maximum atomic E-state index is 13.3. The normalized spacial score (nSPS) is 28.0. The first-order valence-corrected chi connectivity index (χ1v) is 11.2. The van der Waals surface area contributed by atoms with Crippen LogP contribution >= 0.6 is 0 Å². The number of benzene rings is 1. The third-order valence-electron chi connectivity index (χ3n) is 7.02. The first-order chi connectivity index (χ1) is 14.2. The Morgan fingerprint density at radius 2 is 1.72 bits per heavy atom. The van der Waals surface area contributed by atoms with E-state index in [0.29, 0.717) is 31.0 Å². The van der Waals surface area contributed by atoms with Crippen molar-refractivity contribution in [3.8, 4) is 0 Å². The second-order valence-electron chi connectivity index (χ2n) is 8.97. The molecule has 3 aliphatic rings. The van der Waals surface area contributed by atoms with E-state index in [0.717, 1.165) is 45.3 Å². The molecule has 6 heteroatoms. The number of nitrogens with zero attached hydrogens (tertiary/aromatic N) is 2. The van der Waals surface area contributed by atoms with Crippen LogP contribution in [0.3, 0.4) is 0 Å². The number of rotatable bonds is 4. The van der Waals surface area contributed by atoms with Crippen molar-refractivity contribution in [1.82, 2.24) is 15.1 Å². The van der Waals surface area contributed by atoms with Crippen molar-refractivity contribution in [1.29, 1.82) is 0 Å². The largest absolute Gasteiger partial charge is 0.341 e. The van der Waals surface area contributed by atoms with Gasteiger partial charge in [-0.05, 0) is 43.7 Å². The van der Waals surface area contributed by atoms with E-state index in [-0.39, 0.29) is 17.9 Å². The average molecular weight is 399 g/mol. The second-order valence-corrected chi connectivity index (χ2v) is 8.97. The molecule has 2 saturated heterocycles. The van der Waals surface area contributed by atoms with Crippen LogP contribution in [0.2, 0.25) is 0 Å². The Morgan fingerprint density at radius 3 is 2.45 bits per heavy atom. The third-order valence-corrected chi connectivity index (χ3v) is 7.02. The van der Waals surface area contributed by atoms with Gasteiger partial charge in [-0.15, -0.1) is 0 Å². The molecule has 3 atom stereocenters. The van der Waals surface area contributed by atoms with Gasteiger partial charge in [0.15, 0.2) is 0 Å². The molecule has 158 valence electrons. The number of hydrogen-bond donors (Lipinski definition) is 2. The summed E-state index contributed by atoms with van der Waals surface area (Å²) in [7, 11) is 0. The lowest BCUT2D eigenvalue weighted by Gasteiger charge is -2.34. The Bertz CT molecular complexity index is 704. The first-order valence-electron chi connectivity index (χ1n) is 11.2. The zero-order valence-corrected chi connectivity index (χ0v) is 17.3. The number of nitrogens with two attached hydrogens (primary N) is 1. The predicted molar refractivity (Wildman–Crippen MR) is 113 cm³/mol. The average Bonchev–Trinajstić information content (AvgIpc) is 3.43. The molecular weight excluding hydrogens is 364 g/mol. The topological polar surface area (TPSA) is 78.7 Å². The number of piperidine rings is 1. The van der Waals surface area contributed by atoms with Crippen LogP contribution in [0.1, 0.15) is 50.0 Å². The molecule has 0 radical (unpaired) electrons. The Balaban J connectivity index is 1.36. The van der Waals surface area contributed by atoms with Gasteiger partial charge in [0.05, 0.1) is 5.92 Å². The molecule has 2 aliphatic heterocycles. The third kappa shape index (κ3) is 4.58. The minimum Gasteiger partial charge on any atom is -0.341 e. The highest BCUT2D eigenvalue weighted by atomic mass is 16.2. The minimum atomic E-state index is -0.0916. The second kappa shape index (κ2) is 9.16. The van der Waals surface area contributed by atoms with Gasteiger partial charge in [0, 0.05) is 38.1 Å². The lowest BCUT2D eigenvalue weighted by Crippen LogP contribution is -2.51. The lowest BCUT2D eigenvalue weighted by molar-refractivity contribution is -0.136. The standard InChI is InChI=1S/C23H34N4O2/c24-13-19-15-27(16-21(19)17-7-2-1-3-8-17)22(28)18-9-6-12-26(14-18)23(29)25-20-10-4-5-11-20/h1-3,7-8,18-21H,4-6,9-16,24H2,(H,25,29)/t18?,19-,21+/m1/s1. The van der Waals surface area contributed by atoms with Gasteiger partial charge in [-0.2, -0.15) is 0 Å².